The fourth-order valence-electron chi connectivity index (χ4n) is 3.53. The number of carboxylic acids is 1. The highest BCUT2D eigenvalue weighted by Crippen LogP contribution is 2.48. The summed E-state index contributed by atoms with van der Waals surface area (Å²) in [7, 11) is 0. The summed E-state index contributed by atoms with van der Waals surface area (Å²) >= 11 is 0. The Morgan fingerprint density at radius 3 is 2.24 bits per heavy atom. The predicted octanol–water partition coefficient (Wildman–Crippen LogP) is 2.68. The van der Waals surface area contributed by atoms with Crippen LogP contribution in [-0.2, 0) is 9.59 Å². The summed E-state index contributed by atoms with van der Waals surface area (Å²) < 4.78 is 39.3. The Bertz CT molecular complexity index is 461. The molecule has 4 nitrogen and oxygen atoms in total. The maximum absolute atomic E-state index is 13.1. The molecule has 2 rings (SSSR count). The smallest absolute Gasteiger partial charge is 0.406 e. The maximum Gasteiger partial charge on any atom is 0.406 e. The van der Waals surface area contributed by atoms with Gasteiger partial charge in [-0.15, -0.1) is 0 Å². The molecule has 7 heteroatoms. The van der Waals surface area contributed by atoms with Gasteiger partial charge in [0.1, 0.15) is 0 Å². The Morgan fingerprint density at radius 1 is 1.24 bits per heavy atom. The molecule has 1 saturated carbocycles. The Balaban J connectivity index is 2.18. The van der Waals surface area contributed by atoms with E-state index < -0.39 is 30.5 Å². The molecule has 1 amide bonds. The maximum atomic E-state index is 13.1. The number of aliphatic carboxylic acids is 1. The van der Waals surface area contributed by atoms with Crippen LogP contribution in [0.4, 0.5) is 13.2 Å². The number of amides is 1. The standard InChI is InChI=1S/C14H20F3NO3/c1-12(2)5-3-4-9(12)10(19)18-7-6-13(8-18,11(20)21)14(15,16)17/h9H,3-8H2,1-2H3,(H,20,21). The van der Waals surface area contributed by atoms with Gasteiger partial charge in [-0.25, -0.2) is 0 Å². The zero-order valence-corrected chi connectivity index (χ0v) is 12.2. The molecule has 0 aromatic rings. The van der Waals surface area contributed by atoms with Gasteiger partial charge in [-0.1, -0.05) is 20.3 Å². The zero-order valence-electron chi connectivity index (χ0n) is 12.2. The first-order valence-corrected chi connectivity index (χ1v) is 7.10. The summed E-state index contributed by atoms with van der Waals surface area (Å²) in [6.45, 7) is 2.97. The normalized spacial score (nSPS) is 32.4. The first-order valence-electron chi connectivity index (χ1n) is 7.10. The Kier molecular flexibility index (Phi) is 3.74. The van der Waals surface area contributed by atoms with Crippen molar-refractivity contribution in [2.75, 3.05) is 13.1 Å². The summed E-state index contributed by atoms with van der Waals surface area (Å²) in [5.41, 5.74) is -3.05. The number of carboxylic acid groups (broad SMARTS) is 1. The van der Waals surface area contributed by atoms with Gasteiger partial charge in [0.2, 0.25) is 5.91 Å². The molecule has 0 aromatic carbocycles. The number of likely N-dealkylation sites (tertiary alicyclic amines) is 1. The van der Waals surface area contributed by atoms with Crippen molar-refractivity contribution in [1.82, 2.24) is 4.90 Å². The molecule has 2 aliphatic rings. The largest absolute Gasteiger partial charge is 0.481 e. The van der Waals surface area contributed by atoms with Crippen LogP contribution < -0.4 is 0 Å². The van der Waals surface area contributed by atoms with E-state index in [0.29, 0.717) is 6.42 Å². The van der Waals surface area contributed by atoms with Gasteiger partial charge in [-0.3, -0.25) is 9.59 Å². The summed E-state index contributed by atoms with van der Waals surface area (Å²) in [5, 5.41) is 9.01. The van der Waals surface area contributed by atoms with Crippen LogP contribution in [0.15, 0.2) is 0 Å². The highest BCUT2D eigenvalue weighted by atomic mass is 19.4. The van der Waals surface area contributed by atoms with E-state index in [0.717, 1.165) is 17.7 Å². The van der Waals surface area contributed by atoms with Crippen LogP contribution in [0.5, 0.6) is 0 Å². The van der Waals surface area contributed by atoms with Crippen LogP contribution in [-0.4, -0.2) is 41.1 Å². The van der Waals surface area contributed by atoms with Crippen LogP contribution in [0.2, 0.25) is 0 Å². The van der Waals surface area contributed by atoms with Crippen LogP contribution in [0.3, 0.4) is 0 Å². The van der Waals surface area contributed by atoms with E-state index in [4.69, 9.17) is 5.11 Å². The molecule has 0 spiro atoms. The molecule has 21 heavy (non-hydrogen) atoms. The van der Waals surface area contributed by atoms with Gasteiger partial charge in [0.05, 0.1) is 0 Å². The van der Waals surface area contributed by atoms with Crippen molar-refractivity contribution in [2.45, 2.75) is 45.7 Å². The number of rotatable bonds is 2. The molecular weight excluding hydrogens is 287 g/mol. The third-order valence-electron chi connectivity index (χ3n) is 5.09. The average molecular weight is 307 g/mol. The zero-order chi connectivity index (χ0) is 16.1. The summed E-state index contributed by atoms with van der Waals surface area (Å²) in [6.07, 6.45) is -3.01. The lowest BCUT2D eigenvalue weighted by atomic mass is 9.81. The number of hydrogen-bond donors (Lipinski definition) is 1. The summed E-state index contributed by atoms with van der Waals surface area (Å²) in [5.74, 6) is -2.53. The highest BCUT2D eigenvalue weighted by Gasteiger charge is 2.64. The van der Waals surface area contributed by atoms with E-state index in [-0.39, 0.29) is 23.8 Å². The minimum atomic E-state index is -4.85. The molecule has 0 bridgehead atoms. The van der Waals surface area contributed by atoms with E-state index in [9.17, 15) is 22.8 Å². The van der Waals surface area contributed by atoms with Crippen molar-refractivity contribution in [2.24, 2.45) is 16.7 Å². The van der Waals surface area contributed by atoms with Gasteiger partial charge in [-0.05, 0) is 24.7 Å². The van der Waals surface area contributed by atoms with Crippen molar-refractivity contribution in [3.8, 4) is 0 Å². The third-order valence-corrected chi connectivity index (χ3v) is 5.09. The first kappa shape index (κ1) is 16.1. The lowest BCUT2D eigenvalue weighted by Crippen LogP contribution is -2.48. The van der Waals surface area contributed by atoms with E-state index >= 15 is 0 Å². The number of carbonyl (C=O) groups excluding carboxylic acids is 1. The predicted molar refractivity (Wildman–Crippen MR) is 68.4 cm³/mol. The number of carbonyl (C=O) groups is 2. The molecular formula is C14H20F3NO3. The average Bonchev–Trinajstić information content (AvgIpc) is 2.91. The van der Waals surface area contributed by atoms with Crippen LogP contribution >= 0.6 is 0 Å². The van der Waals surface area contributed by atoms with Gasteiger partial charge in [0.15, 0.2) is 5.41 Å². The summed E-state index contributed by atoms with van der Waals surface area (Å²) in [6, 6.07) is 0. The molecule has 1 heterocycles. The molecule has 1 saturated heterocycles. The van der Waals surface area contributed by atoms with Crippen molar-refractivity contribution in [3.63, 3.8) is 0 Å². The van der Waals surface area contributed by atoms with Gasteiger partial charge >= 0.3 is 12.1 Å². The van der Waals surface area contributed by atoms with Gasteiger partial charge < -0.3 is 10.0 Å². The van der Waals surface area contributed by atoms with Gasteiger partial charge in [0.25, 0.3) is 0 Å². The van der Waals surface area contributed by atoms with Crippen molar-refractivity contribution >= 4 is 11.9 Å². The van der Waals surface area contributed by atoms with Crippen LogP contribution in [0.1, 0.15) is 39.5 Å². The molecule has 2 fully saturated rings. The van der Waals surface area contributed by atoms with Gasteiger partial charge in [0, 0.05) is 19.0 Å². The van der Waals surface area contributed by atoms with E-state index in [1.807, 2.05) is 13.8 Å². The number of hydrogen-bond acceptors (Lipinski definition) is 2. The van der Waals surface area contributed by atoms with E-state index in [1.165, 1.54) is 0 Å². The third kappa shape index (κ3) is 2.51. The second kappa shape index (κ2) is 4.88. The molecule has 1 N–H and O–H groups in total. The minimum Gasteiger partial charge on any atom is -0.481 e. The Morgan fingerprint density at radius 2 is 1.86 bits per heavy atom. The summed E-state index contributed by atoms with van der Waals surface area (Å²) in [4.78, 5) is 24.7. The fraction of sp³-hybridized carbons (Fsp3) is 0.857. The van der Waals surface area contributed by atoms with E-state index in [2.05, 4.69) is 0 Å². The fourth-order valence-corrected chi connectivity index (χ4v) is 3.53. The highest BCUT2D eigenvalue weighted by molar-refractivity contribution is 5.83. The molecule has 0 aromatic heterocycles. The number of alkyl halides is 3. The van der Waals surface area contributed by atoms with Crippen LogP contribution in [0.25, 0.3) is 0 Å². The topological polar surface area (TPSA) is 57.6 Å². The molecule has 2 atom stereocenters. The SMILES string of the molecule is CC1(C)CCCC1C(=O)N1CCC(C(=O)O)(C(F)(F)F)C1. The lowest BCUT2D eigenvalue weighted by Gasteiger charge is -2.31. The lowest BCUT2D eigenvalue weighted by molar-refractivity contribution is -0.227. The second-order valence-electron chi connectivity index (χ2n) is 6.83. The van der Waals surface area contributed by atoms with Crippen molar-refractivity contribution in [1.29, 1.82) is 0 Å². The van der Waals surface area contributed by atoms with Gasteiger partial charge in [-0.2, -0.15) is 13.2 Å². The second-order valence-corrected chi connectivity index (χ2v) is 6.83. The Hall–Kier alpha value is -1.27. The van der Waals surface area contributed by atoms with E-state index in [1.54, 1.807) is 0 Å². The molecule has 1 aliphatic heterocycles. The monoisotopic (exact) mass is 307 g/mol. The number of nitrogens with zero attached hydrogens (tertiary/aromatic N) is 1. The van der Waals surface area contributed by atoms with Crippen molar-refractivity contribution in [3.05, 3.63) is 0 Å². The van der Waals surface area contributed by atoms with Crippen LogP contribution in [0, 0.1) is 16.7 Å². The molecule has 1 aliphatic carbocycles. The first-order chi connectivity index (χ1) is 9.51. The Labute approximate surface area is 121 Å². The van der Waals surface area contributed by atoms with Crippen molar-refractivity contribution < 1.29 is 27.9 Å². The molecule has 2 unspecified atom stereocenters. The minimum absolute atomic E-state index is 0.142. The molecule has 120 valence electrons. The number of halogens is 3. The quantitative estimate of drug-likeness (QED) is 0.853. The molecule has 0 radical (unpaired) electrons.